The van der Waals surface area contributed by atoms with Crippen molar-refractivity contribution in [2.75, 3.05) is 24.5 Å². The number of nitrogens with zero attached hydrogens (tertiary/aromatic N) is 3. The number of hydrogen-bond acceptors (Lipinski definition) is 3. The molecule has 0 spiro atoms. The van der Waals surface area contributed by atoms with Crippen LogP contribution >= 0.6 is 12.4 Å². The van der Waals surface area contributed by atoms with E-state index >= 15 is 0 Å². The molecule has 5 nitrogen and oxygen atoms in total. The molecule has 1 saturated heterocycles. The van der Waals surface area contributed by atoms with Gasteiger partial charge in [-0.25, -0.2) is 0 Å². The van der Waals surface area contributed by atoms with E-state index in [1.807, 2.05) is 34.0 Å². The monoisotopic (exact) mass is 332 g/mol. The van der Waals surface area contributed by atoms with Crippen LogP contribution in [-0.4, -0.2) is 35.3 Å². The lowest BCUT2D eigenvalue weighted by atomic mass is 9.86. The zero-order valence-electron chi connectivity index (χ0n) is 12.9. The molecule has 1 aromatic carbocycles. The fraction of sp³-hybridized carbons (Fsp3) is 0.412. The first-order valence-electron chi connectivity index (χ1n) is 7.92. The smallest absolute Gasteiger partial charge is 0.255 e. The Kier molecular flexibility index (Phi) is 4.41. The zero-order valence-corrected chi connectivity index (χ0v) is 13.8. The second-order valence-electron chi connectivity index (χ2n) is 6.07. The Morgan fingerprint density at radius 2 is 1.96 bits per heavy atom. The van der Waals surface area contributed by atoms with Crippen molar-refractivity contribution >= 4 is 24.0 Å². The molecule has 6 heteroatoms. The minimum Gasteiger partial charge on any atom is -0.317 e. The van der Waals surface area contributed by atoms with E-state index in [9.17, 15) is 4.79 Å². The maximum absolute atomic E-state index is 13.4. The molecule has 4 rings (SSSR count). The van der Waals surface area contributed by atoms with Gasteiger partial charge in [0.05, 0.1) is 0 Å². The van der Waals surface area contributed by atoms with Gasteiger partial charge in [0.1, 0.15) is 5.54 Å². The molecule has 0 atom stereocenters. The first kappa shape index (κ1) is 16.0. The Balaban J connectivity index is 0.00000156. The third-order valence-corrected chi connectivity index (χ3v) is 4.90. The van der Waals surface area contributed by atoms with Crippen molar-refractivity contribution in [1.82, 2.24) is 15.1 Å². The Bertz CT molecular complexity index is 680. The summed E-state index contributed by atoms with van der Waals surface area (Å²) >= 11 is 0. The summed E-state index contributed by atoms with van der Waals surface area (Å²) in [6.45, 7) is 2.47. The molecule has 2 aromatic rings. The second kappa shape index (κ2) is 6.34. The van der Waals surface area contributed by atoms with Gasteiger partial charge in [-0.05, 0) is 50.0 Å². The molecule has 0 aliphatic carbocycles. The fourth-order valence-corrected chi connectivity index (χ4v) is 3.70. The predicted octanol–water partition coefficient (Wildman–Crippen LogP) is 1.97. The SMILES string of the molecule is Cl.O=C(N1CCc2ccccc21)C1(n2cccn2)CCNCC1. The third-order valence-electron chi connectivity index (χ3n) is 4.90. The number of carbonyl (C=O) groups is 1. The van der Waals surface area contributed by atoms with Gasteiger partial charge in [-0.1, -0.05) is 18.2 Å². The van der Waals surface area contributed by atoms with Crippen LogP contribution < -0.4 is 10.2 Å². The lowest BCUT2D eigenvalue weighted by Gasteiger charge is -2.39. The average Bonchev–Trinajstić information content (AvgIpc) is 3.25. The number of amides is 1. The normalized spacial score (nSPS) is 19.0. The Morgan fingerprint density at radius 3 is 2.70 bits per heavy atom. The lowest BCUT2D eigenvalue weighted by Crippen LogP contribution is -2.55. The van der Waals surface area contributed by atoms with E-state index in [1.54, 1.807) is 6.20 Å². The van der Waals surface area contributed by atoms with Crippen molar-refractivity contribution in [3.63, 3.8) is 0 Å². The van der Waals surface area contributed by atoms with Crippen LogP contribution in [0, 0.1) is 0 Å². The summed E-state index contributed by atoms with van der Waals surface area (Å²) in [6, 6.07) is 10.1. The Hall–Kier alpha value is -1.85. The summed E-state index contributed by atoms with van der Waals surface area (Å²) in [7, 11) is 0. The molecule has 2 aliphatic rings. The molecule has 0 saturated carbocycles. The van der Waals surface area contributed by atoms with E-state index < -0.39 is 5.54 Å². The largest absolute Gasteiger partial charge is 0.317 e. The van der Waals surface area contributed by atoms with Crippen molar-refractivity contribution in [1.29, 1.82) is 0 Å². The highest BCUT2D eigenvalue weighted by molar-refractivity contribution is 6.00. The van der Waals surface area contributed by atoms with Gasteiger partial charge in [-0.15, -0.1) is 12.4 Å². The number of para-hydroxylation sites is 1. The zero-order chi connectivity index (χ0) is 15.0. The Morgan fingerprint density at radius 1 is 1.17 bits per heavy atom. The summed E-state index contributed by atoms with van der Waals surface area (Å²) in [5, 5.41) is 7.76. The van der Waals surface area contributed by atoms with Gasteiger partial charge >= 0.3 is 0 Å². The highest BCUT2D eigenvalue weighted by Crippen LogP contribution is 2.35. The van der Waals surface area contributed by atoms with Gasteiger partial charge in [0, 0.05) is 24.6 Å². The van der Waals surface area contributed by atoms with Gasteiger partial charge < -0.3 is 10.2 Å². The number of benzene rings is 1. The predicted molar refractivity (Wildman–Crippen MR) is 92.1 cm³/mol. The molecule has 122 valence electrons. The number of nitrogens with one attached hydrogen (secondary N) is 1. The lowest BCUT2D eigenvalue weighted by molar-refractivity contribution is -0.129. The number of hydrogen-bond donors (Lipinski definition) is 1. The number of halogens is 1. The summed E-state index contributed by atoms with van der Waals surface area (Å²) in [5.41, 5.74) is 1.78. The van der Waals surface area contributed by atoms with Crippen LogP contribution in [0.4, 0.5) is 5.69 Å². The first-order chi connectivity index (χ1) is 10.8. The van der Waals surface area contributed by atoms with Crippen molar-refractivity contribution in [3.8, 4) is 0 Å². The number of fused-ring (bicyclic) bond motifs is 1. The number of anilines is 1. The van der Waals surface area contributed by atoms with Gasteiger partial charge in [0.2, 0.25) is 0 Å². The minimum absolute atomic E-state index is 0. The van der Waals surface area contributed by atoms with Crippen LogP contribution in [0.5, 0.6) is 0 Å². The number of carbonyl (C=O) groups excluding carboxylic acids is 1. The van der Waals surface area contributed by atoms with Gasteiger partial charge in [0.15, 0.2) is 0 Å². The maximum atomic E-state index is 13.4. The highest BCUT2D eigenvalue weighted by atomic mass is 35.5. The summed E-state index contributed by atoms with van der Waals surface area (Å²) in [4.78, 5) is 15.4. The Labute approximate surface area is 142 Å². The molecule has 3 heterocycles. The van der Waals surface area contributed by atoms with E-state index in [1.165, 1.54) is 5.56 Å². The van der Waals surface area contributed by atoms with Crippen LogP contribution in [0.3, 0.4) is 0 Å². The molecular formula is C17H21ClN4O. The standard InChI is InChI=1S/C17H20N4O.ClH/c22-16(20-13-6-14-4-1-2-5-15(14)20)17(7-10-18-11-8-17)21-12-3-9-19-21;/h1-5,9,12,18H,6-8,10-11,13H2;1H. The van der Waals surface area contributed by atoms with E-state index in [2.05, 4.69) is 22.5 Å². The van der Waals surface area contributed by atoms with Gasteiger partial charge in [0.25, 0.3) is 5.91 Å². The highest BCUT2D eigenvalue weighted by Gasteiger charge is 2.45. The number of piperidine rings is 1. The van der Waals surface area contributed by atoms with Crippen molar-refractivity contribution in [2.24, 2.45) is 0 Å². The molecule has 1 N–H and O–H groups in total. The van der Waals surface area contributed by atoms with Crippen molar-refractivity contribution in [3.05, 3.63) is 48.3 Å². The quantitative estimate of drug-likeness (QED) is 0.914. The summed E-state index contributed by atoms with van der Waals surface area (Å²) < 4.78 is 1.87. The van der Waals surface area contributed by atoms with Gasteiger partial charge in [-0.3, -0.25) is 9.48 Å². The third kappa shape index (κ3) is 2.54. The van der Waals surface area contributed by atoms with E-state index in [0.717, 1.165) is 44.6 Å². The van der Waals surface area contributed by atoms with Gasteiger partial charge in [-0.2, -0.15) is 5.10 Å². The van der Waals surface area contributed by atoms with Crippen LogP contribution in [0.15, 0.2) is 42.7 Å². The molecule has 1 fully saturated rings. The van der Waals surface area contributed by atoms with Crippen molar-refractivity contribution < 1.29 is 4.79 Å². The molecule has 0 unspecified atom stereocenters. The summed E-state index contributed by atoms with van der Waals surface area (Å²) in [5.74, 6) is 0.183. The molecule has 0 radical (unpaired) electrons. The number of aromatic nitrogens is 2. The topological polar surface area (TPSA) is 50.2 Å². The first-order valence-corrected chi connectivity index (χ1v) is 7.92. The summed E-state index contributed by atoms with van der Waals surface area (Å²) in [6.07, 6.45) is 6.19. The van der Waals surface area contributed by atoms with Crippen LogP contribution in [0.2, 0.25) is 0 Å². The molecular weight excluding hydrogens is 312 g/mol. The molecule has 23 heavy (non-hydrogen) atoms. The molecule has 1 aromatic heterocycles. The van der Waals surface area contributed by atoms with Crippen LogP contribution in [0.1, 0.15) is 18.4 Å². The average molecular weight is 333 g/mol. The van der Waals surface area contributed by atoms with Crippen molar-refractivity contribution in [2.45, 2.75) is 24.8 Å². The molecule has 1 amide bonds. The van der Waals surface area contributed by atoms with E-state index in [4.69, 9.17) is 0 Å². The maximum Gasteiger partial charge on any atom is 0.255 e. The fourth-order valence-electron chi connectivity index (χ4n) is 3.70. The van der Waals surface area contributed by atoms with Crippen LogP contribution in [0.25, 0.3) is 0 Å². The minimum atomic E-state index is -0.549. The number of rotatable bonds is 2. The molecule has 0 bridgehead atoms. The second-order valence-corrected chi connectivity index (χ2v) is 6.07. The van der Waals surface area contributed by atoms with E-state index in [0.29, 0.717) is 0 Å². The van der Waals surface area contributed by atoms with Crippen LogP contribution in [-0.2, 0) is 16.8 Å². The van der Waals surface area contributed by atoms with E-state index in [-0.39, 0.29) is 18.3 Å². The molecule has 2 aliphatic heterocycles.